The molecule has 0 aliphatic heterocycles. The van der Waals surface area contributed by atoms with Crippen LogP contribution in [0.3, 0.4) is 0 Å². The molecule has 0 heterocycles. The number of aliphatic hydroxyl groups excluding tert-OH is 1. The Morgan fingerprint density at radius 1 is 0.688 bits per heavy atom. The van der Waals surface area contributed by atoms with Crippen molar-refractivity contribution in [2.45, 2.75) is 147 Å². The number of aliphatic hydroxyl groups is 1. The van der Waals surface area contributed by atoms with Gasteiger partial charge < -0.3 is 14.6 Å². The monoisotopic (exact) mass is 458 g/mol. The van der Waals surface area contributed by atoms with Gasteiger partial charge in [-0.2, -0.15) is 4.94 Å². The first-order chi connectivity index (χ1) is 15.7. The van der Waals surface area contributed by atoms with Crippen molar-refractivity contribution in [3.8, 4) is 0 Å². The van der Waals surface area contributed by atoms with E-state index < -0.39 is 18.2 Å². The van der Waals surface area contributed by atoms with E-state index in [4.69, 9.17) is 17.3 Å². The molecule has 0 fully saturated rings. The van der Waals surface area contributed by atoms with Crippen LogP contribution in [0.2, 0.25) is 0 Å². The molecule has 0 amide bonds. The lowest BCUT2D eigenvalue weighted by Gasteiger charge is -2.23. The van der Waals surface area contributed by atoms with E-state index in [2.05, 4.69) is 11.9 Å². The summed E-state index contributed by atoms with van der Waals surface area (Å²) in [5.41, 5.74) is 0. The molecule has 190 valence electrons. The van der Waals surface area contributed by atoms with Gasteiger partial charge in [0.2, 0.25) is 0 Å². The second kappa shape index (κ2) is 25.5. The number of hydrogen-bond acceptors (Lipinski definition) is 4. The molecule has 0 aromatic carbocycles. The number of rotatable bonds is 26. The Morgan fingerprint density at radius 2 is 1.06 bits per heavy atom. The first kappa shape index (κ1) is 31.8. The lowest BCUT2D eigenvalue weighted by atomic mass is 9.91. The molecule has 0 bridgehead atoms. The fraction of sp³-hybridized carbons (Fsp3) is 1.00. The molecular weight excluding hydrogens is 406 g/mol. The molecule has 2 radical (unpaired) electrons. The van der Waals surface area contributed by atoms with Crippen molar-refractivity contribution < 1.29 is 24.0 Å². The largest absolute Gasteiger partial charge is 0.388 e. The molecule has 0 saturated heterocycles. The highest BCUT2D eigenvalue weighted by Gasteiger charge is 2.27. The van der Waals surface area contributed by atoms with Crippen LogP contribution in [0.4, 0.5) is 4.53 Å². The highest BCUT2D eigenvalue weighted by atomic mass is 19.3. The maximum absolute atomic E-state index is 12.4. The van der Waals surface area contributed by atoms with Gasteiger partial charge in [0.25, 0.3) is 0 Å². The Labute approximate surface area is 199 Å². The third-order valence-corrected chi connectivity index (χ3v) is 6.26. The van der Waals surface area contributed by atoms with Crippen LogP contribution in [0.25, 0.3) is 0 Å². The van der Waals surface area contributed by atoms with Crippen molar-refractivity contribution in [1.29, 1.82) is 0 Å². The summed E-state index contributed by atoms with van der Waals surface area (Å²) in [5, 5.41) is 9.82. The van der Waals surface area contributed by atoms with Crippen molar-refractivity contribution in [2.75, 3.05) is 20.3 Å². The molecule has 4 nitrogen and oxygen atoms in total. The van der Waals surface area contributed by atoms with Crippen LogP contribution in [0, 0.1) is 0 Å². The Morgan fingerprint density at radius 3 is 1.41 bits per heavy atom. The number of unbranched alkanes of at least 4 members (excludes halogenated alkanes) is 18. The fourth-order valence-electron chi connectivity index (χ4n) is 4.04. The quantitative estimate of drug-likeness (QED) is 0.110. The SMILES string of the molecule is [B]C(OC)C(OF)C(O)COCCCCCCCCCCCCCCCCCCCCC. The van der Waals surface area contributed by atoms with Crippen LogP contribution in [-0.2, 0) is 14.4 Å². The predicted molar refractivity (Wildman–Crippen MR) is 133 cm³/mol. The molecule has 0 rings (SSSR count). The van der Waals surface area contributed by atoms with Gasteiger partial charge >= 0.3 is 0 Å². The van der Waals surface area contributed by atoms with Gasteiger partial charge in [-0.1, -0.05) is 122 Å². The Bertz CT molecular complexity index is 363. The fourth-order valence-corrected chi connectivity index (χ4v) is 4.04. The van der Waals surface area contributed by atoms with Crippen LogP contribution in [0.5, 0.6) is 0 Å². The van der Waals surface area contributed by atoms with Crippen LogP contribution in [0.15, 0.2) is 0 Å². The lowest BCUT2D eigenvalue weighted by Crippen LogP contribution is -2.42. The Balaban J connectivity index is 3.22. The van der Waals surface area contributed by atoms with Crippen molar-refractivity contribution in [2.24, 2.45) is 0 Å². The van der Waals surface area contributed by atoms with E-state index in [9.17, 15) is 9.63 Å². The van der Waals surface area contributed by atoms with Gasteiger partial charge in [0.1, 0.15) is 20.1 Å². The molecule has 0 aromatic rings. The molecule has 0 spiro atoms. The minimum absolute atomic E-state index is 0.00923. The molecule has 0 aromatic heterocycles. The smallest absolute Gasteiger partial charge is 0.144 e. The zero-order valence-corrected chi connectivity index (χ0v) is 21.2. The molecule has 0 aliphatic rings. The highest BCUT2D eigenvalue weighted by molar-refractivity contribution is 6.11. The van der Waals surface area contributed by atoms with E-state index in [-0.39, 0.29) is 6.61 Å². The third-order valence-electron chi connectivity index (χ3n) is 6.26. The first-order valence-electron chi connectivity index (χ1n) is 13.5. The van der Waals surface area contributed by atoms with E-state index in [1.807, 2.05) is 0 Å². The average Bonchev–Trinajstić information content (AvgIpc) is 2.80. The van der Waals surface area contributed by atoms with E-state index in [1.54, 1.807) is 0 Å². The summed E-state index contributed by atoms with van der Waals surface area (Å²) in [5.74, 6) is 0. The van der Waals surface area contributed by atoms with E-state index >= 15 is 0 Å². The minimum atomic E-state index is -1.23. The molecular formula is C26H52BFO4. The van der Waals surface area contributed by atoms with Gasteiger partial charge in [0.15, 0.2) is 0 Å². The summed E-state index contributed by atoms with van der Waals surface area (Å²) in [6, 6.07) is -1.02. The van der Waals surface area contributed by atoms with Crippen LogP contribution < -0.4 is 0 Å². The minimum Gasteiger partial charge on any atom is -0.388 e. The van der Waals surface area contributed by atoms with Crippen molar-refractivity contribution >= 4 is 7.85 Å². The summed E-state index contributed by atoms with van der Waals surface area (Å²) in [6.45, 7) is 2.82. The van der Waals surface area contributed by atoms with Crippen molar-refractivity contribution in [3.05, 3.63) is 0 Å². The van der Waals surface area contributed by atoms with Crippen molar-refractivity contribution in [1.82, 2.24) is 0 Å². The van der Waals surface area contributed by atoms with Gasteiger partial charge in [-0.3, -0.25) is 0 Å². The number of halogens is 1. The van der Waals surface area contributed by atoms with Gasteiger partial charge in [0, 0.05) is 19.7 Å². The third kappa shape index (κ3) is 20.4. The van der Waals surface area contributed by atoms with Gasteiger partial charge in [-0.05, 0) is 10.9 Å². The maximum Gasteiger partial charge on any atom is 0.144 e. The van der Waals surface area contributed by atoms with Gasteiger partial charge in [-0.15, -0.1) is 0 Å². The van der Waals surface area contributed by atoms with E-state index in [1.165, 1.54) is 116 Å². The van der Waals surface area contributed by atoms with Crippen LogP contribution in [-0.4, -0.2) is 51.5 Å². The number of methoxy groups -OCH3 is 1. The Kier molecular flexibility index (Phi) is 25.3. The zero-order valence-electron chi connectivity index (χ0n) is 21.2. The predicted octanol–water partition coefficient (Wildman–Crippen LogP) is 7.21. The topological polar surface area (TPSA) is 47.9 Å². The van der Waals surface area contributed by atoms with Crippen molar-refractivity contribution in [3.63, 3.8) is 0 Å². The molecule has 0 aliphatic carbocycles. The summed E-state index contributed by atoms with van der Waals surface area (Å²) < 4.78 is 22.6. The zero-order chi connectivity index (χ0) is 23.7. The first-order valence-corrected chi connectivity index (χ1v) is 13.5. The van der Waals surface area contributed by atoms with E-state index in [0.717, 1.165) is 12.8 Å². The normalized spacial score (nSPS) is 14.5. The summed E-state index contributed by atoms with van der Waals surface area (Å²) >= 11 is 0. The molecule has 3 unspecified atom stereocenters. The van der Waals surface area contributed by atoms with Gasteiger partial charge in [-0.25, -0.2) is 0 Å². The molecule has 0 saturated carbocycles. The van der Waals surface area contributed by atoms with Gasteiger partial charge in [0.05, 0.1) is 6.61 Å². The second-order valence-corrected chi connectivity index (χ2v) is 9.26. The molecule has 3 atom stereocenters. The van der Waals surface area contributed by atoms with Crippen LogP contribution in [0.1, 0.15) is 129 Å². The molecule has 1 N–H and O–H groups in total. The van der Waals surface area contributed by atoms with E-state index in [0.29, 0.717) is 6.61 Å². The summed E-state index contributed by atoms with van der Waals surface area (Å²) in [6.07, 6.45) is 23.3. The standard InChI is InChI=1S/C26H52BFO4/c1-3-4-5-6-7-8-9-10-11-12-13-14-15-16-17-18-19-20-21-22-31-23-24(29)25(32-28)26(27)30-2/h24-26,29H,3-23H2,1-2H3. The van der Waals surface area contributed by atoms with Crippen LogP contribution >= 0.6 is 0 Å². The lowest BCUT2D eigenvalue weighted by molar-refractivity contribution is -0.234. The highest BCUT2D eigenvalue weighted by Crippen LogP contribution is 2.14. The summed E-state index contributed by atoms with van der Waals surface area (Å²) in [7, 11) is 6.84. The average molecular weight is 459 g/mol. The number of hydrogen-bond donors (Lipinski definition) is 1. The molecule has 6 heteroatoms. The summed E-state index contributed by atoms with van der Waals surface area (Å²) in [4.78, 5) is 3.68. The Hall–Kier alpha value is -0.165. The number of ether oxygens (including phenoxy) is 2. The second-order valence-electron chi connectivity index (χ2n) is 9.26. The maximum atomic E-state index is 12.4. The molecule has 32 heavy (non-hydrogen) atoms.